The van der Waals surface area contributed by atoms with Crippen LogP contribution in [0.5, 0.6) is 0 Å². The van der Waals surface area contributed by atoms with Crippen molar-refractivity contribution >= 4 is 27.7 Å². The Labute approximate surface area is 210 Å². The van der Waals surface area contributed by atoms with E-state index in [4.69, 9.17) is 0 Å². The van der Waals surface area contributed by atoms with E-state index in [9.17, 15) is 49.1 Å². The van der Waals surface area contributed by atoms with Gasteiger partial charge in [0.25, 0.3) is 11.8 Å². The first kappa shape index (κ1) is 27.5. The number of hydrogen-bond acceptors (Lipinski definition) is 5. The van der Waals surface area contributed by atoms with Gasteiger partial charge in [-0.15, -0.1) is 0 Å². The summed E-state index contributed by atoms with van der Waals surface area (Å²) in [4.78, 5) is 36.9. The van der Waals surface area contributed by atoms with Crippen molar-refractivity contribution in [1.82, 2.24) is 10.2 Å². The van der Waals surface area contributed by atoms with Crippen LogP contribution in [0, 0.1) is 0 Å². The maximum absolute atomic E-state index is 15.5. The van der Waals surface area contributed by atoms with Gasteiger partial charge in [-0.3, -0.25) is 9.59 Å². The van der Waals surface area contributed by atoms with Gasteiger partial charge in [-0.25, -0.2) is 17.6 Å². The predicted molar refractivity (Wildman–Crippen MR) is 115 cm³/mol. The quantitative estimate of drug-likeness (QED) is 0.411. The third-order valence-corrected chi connectivity index (χ3v) is 8.68. The molecule has 15 heteroatoms. The Hall–Kier alpha value is -3.49. The number of carbonyl (C=O) groups is 3. The first-order valence-corrected chi connectivity index (χ1v) is 12.5. The van der Waals surface area contributed by atoms with Crippen LogP contribution in [0.2, 0.25) is 0 Å². The lowest BCUT2D eigenvalue weighted by molar-refractivity contribution is -0.138. The summed E-state index contributed by atoms with van der Waals surface area (Å²) in [6.45, 7) is 0. The fraction of sp³-hybridized carbons (Fsp3) is 0.348. The summed E-state index contributed by atoms with van der Waals surface area (Å²) in [5.74, 6) is -2.46. The number of benzene rings is 2. The second-order valence-electron chi connectivity index (χ2n) is 8.84. The third kappa shape index (κ3) is 4.74. The van der Waals surface area contributed by atoms with Crippen molar-refractivity contribution in [3.8, 4) is 0 Å². The largest absolute Gasteiger partial charge is 0.416 e. The number of rotatable bonds is 3. The Kier molecular flexibility index (Phi) is 6.57. The number of hydrogen-bond donors (Lipinski definition) is 1. The monoisotopic (exact) mass is 566 g/mol. The van der Waals surface area contributed by atoms with Gasteiger partial charge in [0.1, 0.15) is 0 Å². The number of alkyl halides is 7. The highest BCUT2D eigenvalue weighted by atomic mass is 32.2. The standard InChI is InChI=1S/C23H17F7N2O5S/c24-21(38(36,37)15-3-1-2-12(10-15)22(25,26)27)8-6-14(7-9-21)31-20(35)32-18(33)16-5-4-13(23(28,29)30)11-17(16)19(32)34/h1-5,10-11,14H,6-9H2,(H,31,35). The van der Waals surface area contributed by atoms with Crippen molar-refractivity contribution in [3.63, 3.8) is 0 Å². The van der Waals surface area contributed by atoms with E-state index in [2.05, 4.69) is 5.32 Å². The molecule has 0 saturated heterocycles. The van der Waals surface area contributed by atoms with Gasteiger partial charge >= 0.3 is 18.4 Å². The number of carbonyl (C=O) groups excluding carboxylic acids is 3. The molecular formula is C23H17F7N2O5S. The first-order chi connectivity index (χ1) is 17.5. The van der Waals surface area contributed by atoms with Crippen LogP contribution in [0.1, 0.15) is 57.5 Å². The van der Waals surface area contributed by atoms with Crippen molar-refractivity contribution in [2.45, 2.75) is 54.0 Å². The van der Waals surface area contributed by atoms with Gasteiger partial charge in [-0.2, -0.15) is 31.2 Å². The average molecular weight is 566 g/mol. The van der Waals surface area contributed by atoms with Crippen LogP contribution in [-0.2, 0) is 22.2 Å². The second-order valence-corrected chi connectivity index (χ2v) is 11.0. The van der Waals surface area contributed by atoms with Crippen LogP contribution >= 0.6 is 0 Å². The molecule has 204 valence electrons. The molecule has 0 aromatic heterocycles. The first-order valence-electron chi connectivity index (χ1n) is 11.0. The number of nitrogens with zero attached hydrogens (tertiary/aromatic N) is 1. The van der Waals surface area contributed by atoms with Gasteiger partial charge in [0.05, 0.1) is 27.1 Å². The molecule has 1 heterocycles. The number of halogens is 7. The zero-order chi connectivity index (χ0) is 28.3. The van der Waals surface area contributed by atoms with E-state index < -0.39 is 91.1 Å². The molecule has 1 aliphatic heterocycles. The zero-order valence-corrected chi connectivity index (χ0v) is 19.8. The summed E-state index contributed by atoms with van der Waals surface area (Å²) in [5.41, 5.74) is -3.52. The third-order valence-electron chi connectivity index (χ3n) is 6.43. The van der Waals surface area contributed by atoms with Gasteiger partial charge in [-0.05, 0) is 62.1 Å². The molecule has 1 aliphatic carbocycles. The molecule has 0 atom stereocenters. The zero-order valence-electron chi connectivity index (χ0n) is 19.0. The Bertz CT molecular complexity index is 1430. The van der Waals surface area contributed by atoms with Crippen LogP contribution in [0.3, 0.4) is 0 Å². The van der Waals surface area contributed by atoms with E-state index in [1.54, 1.807) is 0 Å². The molecule has 1 N–H and O–H groups in total. The predicted octanol–water partition coefficient (Wildman–Crippen LogP) is 5.11. The maximum Gasteiger partial charge on any atom is 0.416 e. The van der Waals surface area contributed by atoms with Crippen LogP contribution in [0.15, 0.2) is 47.4 Å². The van der Waals surface area contributed by atoms with E-state index in [-0.39, 0.29) is 17.7 Å². The summed E-state index contributed by atoms with van der Waals surface area (Å²) < 4.78 is 119. The molecule has 38 heavy (non-hydrogen) atoms. The highest BCUT2D eigenvalue weighted by Gasteiger charge is 2.49. The Balaban J connectivity index is 1.45. The topological polar surface area (TPSA) is 101 Å². The maximum atomic E-state index is 15.5. The van der Waals surface area contributed by atoms with Crippen molar-refractivity contribution < 1.29 is 53.5 Å². The van der Waals surface area contributed by atoms with Gasteiger partial charge in [-0.1, -0.05) is 6.07 Å². The molecule has 4 rings (SSSR count). The van der Waals surface area contributed by atoms with Crippen LogP contribution in [0.25, 0.3) is 0 Å². The smallest absolute Gasteiger partial charge is 0.334 e. The Morgan fingerprint density at radius 1 is 0.868 bits per heavy atom. The van der Waals surface area contributed by atoms with Crippen molar-refractivity contribution in [2.24, 2.45) is 0 Å². The molecule has 0 spiro atoms. The molecule has 0 unspecified atom stereocenters. The van der Waals surface area contributed by atoms with Gasteiger partial charge in [0.15, 0.2) is 0 Å². The molecule has 2 aromatic carbocycles. The van der Waals surface area contributed by atoms with E-state index >= 15 is 4.39 Å². The van der Waals surface area contributed by atoms with Gasteiger partial charge in [0.2, 0.25) is 14.8 Å². The summed E-state index contributed by atoms with van der Waals surface area (Å²) in [7, 11) is -4.87. The van der Waals surface area contributed by atoms with Crippen LogP contribution in [0.4, 0.5) is 35.5 Å². The van der Waals surface area contributed by atoms with Crippen LogP contribution in [-0.4, -0.2) is 42.2 Å². The number of amides is 4. The van der Waals surface area contributed by atoms with Crippen molar-refractivity contribution in [2.75, 3.05) is 0 Å². The molecule has 1 fully saturated rings. The number of nitrogens with one attached hydrogen (secondary N) is 1. The Morgan fingerprint density at radius 3 is 2.00 bits per heavy atom. The van der Waals surface area contributed by atoms with E-state index in [1.807, 2.05) is 0 Å². The minimum atomic E-state index is -4.87. The van der Waals surface area contributed by atoms with E-state index in [0.29, 0.717) is 24.3 Å². The lowest BCUT2D eigenvalue weighted by Crippen LogP contribution is -2.50. The second kappa shape index (κ2) is 9.06. The fourth-order valence-corrected chi connectivity index (χ4v) is 6.09. The molecule has 0 bridgehead atoms. The molecule has 1 saturated carbocycles. The number of sulfone groups is 1. The summed E-state index contributed by atoms with van der Waals surface area (Å²) in [6.07, 6.45) is -11.7. The summed E-state index contributed by atoms with van der Waals surface area (Å²) in [6, 6.07) is 2.22. The van der Waals surface area contributed by atoms with Crippen molar-refractivity contribution in [3.05, 3.63) is 64.7 Å². The van der Waals surface area contributed by atoms with Gasteiger partial charge < -0.3 is 5.32 Å². The number of imide groups is 3. The van der Waals surface area contributed by atoms with E-state index in [0.717, 1.165) is 18.2 Å². The van der Waals surface area contributed by atoms with Crippen molar-refractivity contribution in [1.29, 1.82) is 0 Å². The molecule has 7 nitrogen and oxygen atoms in total. The molecule has 2 aliphatic rings. The van der Waals surface area contributed by atoms with E-state index in [1.165, 1.54) is 0 Å². The fourth-order valence-electron chi connectivity index (χ4n) is 4.35. The molecule has 0 radical (unpaired) electrons. The normalized spacial score (nSPS) is 22.4. The minimum absolute atomic E-state index is 0.0987. The summed E-state index contributed by atoms with van der Waals surface area (Å²) in [5, 5.41) is -0.670. The van der Waals surface area contributed by atoms with Gasteiger partial charge in [0, 0.05) is 6.04 Å². The molecular weight excluding hydrogens is 549 g/mol. The molecule has 4 amide bonds. The average Bonchev–Trinajstić information content (AvgIpc) is 3.09. The lowest BCUT2D eigenvalue weighted by Gasteiger charge is -2.34. The summed E-state index contributed by atoms with van der Waals surface area (Å²) >= 11 is 0. The minimum Gasteiger partial charge on any atom is -0.334 e. The van der Waals surface area contributed by atoms with Crippen LogP contribution < -0.4 is 5.32 Å². The number of urea groups is 1. The highest BCUT2D eigenvalue weighted by Crippen LogP contribution is 2.42. The molecule has 2 aromatic rings. The lowest BCUT2D eigenvalue weighted by atomic mass is 9.93. The number of fused-ring (bicyclic) bond motifs is 1. The SMILES string of the molecule is O=C(NC1CCC(F)(S(=O)(=O)c2cccc(C(F)(F)F)c2)CC1)N1C(=O)c2ccc(C(F)(F)F)cc2C1=O. The highest BCUT2D eigenvalue weighted by molar-refractivity contribution is 7.92. The Morgan fingerprint density at radius 2 is 1.42 bits per heavy atom.